The molecule has 0 nitrogen and oxygen atoms in total. The maximum Gasteiger partial charge on any atom is -0.0771 e. The van der Waals surface area contributed by atoms with Crippen LogP contribution in [0.3, 0.4) is 0 Å². The van der Waals surface area contributed by atoms with Crippen LogP contribution in [0.25, 0.3) is 21.5 Å². The standard InChI is InChI=1S/C13H9.C13H10.C9H13.Zr/c1-3-7-12-10(5-1)9-11-6-2-4-8-13(11)12;1-3-7-12(8-4-1)11-13-9-5-2-6-10-13;1-2-3-6-9-7-4-5-8-9;/h1-9H;1-10H;4-5,7-8H,2-3,6H2,1H3;/q-1;;-1;+2. The average molecular weight is 544 g/mol. The molecule has 0 bridgehead atoms. The zero-order valence-electron chi connectivity index (χ0n) is 20.9. The molecule has 0 unspecified atom stereocenters. The van der Waals surface area contributed by atoms with Crippen LogP contribution in [0.1, 0.15) is 36.5 Å². The molecule has 0 amide bonds. The summed E-state index contributed by atoms with van der Waals surface area (Å²) in [5.74, 6) is 0. The Morgan fingerprint density at radius 1 is 0.639 bits per heavy atom. The predicted octanol–water partition coefficient (Wildman–Crippen LogP) is 9.26. The van der Waals surface area contributed by atoms with Crippen molar-refractivity contribution in [3.05, 3.63) is 156 Å². The van der Waals surface area contributed by atoms with Gasteiger partial charge < -0.3 is 0 Å². The molecule has 36 heavy (non-hydrogen) atoms. The van der Waals surface area contributed by atoms with Gasteiger partial charge in [-0.25, -0.2) is 6.07 Å². The molecule has 0 aliphatic rings. The molecule has 0 saturated carbocycles. The average Bonchev–Trinajstić information content (AvgIpc) is 3.61. The van der Waals surface area contributed by atoms with Gasteiger partial charge in [0.05, 0.1) is 0 Å². The smallest absolute Gasteiger partial charge is 0.0771 e. The second kappa shape index (κ2) is 13.8. The summed E-state index contributed by atoms with van der Waals surface area (Å²) in [4.78, 5) is 0. The third-order valence-electron chi connectivity index (χ3n) is 6.20. The van der Waals surface area contributed by atoms with Gasteiger partial charge in [0.25, 0.3) is 0 Å². The third-order valence-corrected chi connectivity index (χ3v) is 7.62. The van der Waals surface area contributed by atoms with E-state index in [1.165, 1.54) is 84.9 Å². The summed E-state index contributed by atoms with van der Waals surface area (Å²) in [5, 5.41) is 5.39. The molecule has 0 atom stereocenters. The van der Waals surface area contributed by atoms with Crippen molar-refractivity contribution in [2.24, 2.45) is 0 Å². The molecule has 0 spiro atoms. The number of unbranched alkanes of at least 4 members (excludes halogenated alkanes) is 1. The Balaban J connectivity index is 0.000000130. The zero-order valence-corrected chi connectivity index (χ0v) is 23.4. The normalized spacial score (nSPS) is 10.3. The van der Waals surface area contributed by atoms with E-state index in [-0.39, 0.29) is 0 Å². The van der Waals surface area contributed by atoms with Crippen molar-refractivity contribution < 1.29 is 24.2 Å². The molecule has 6 aromatic carbocycles. The number of aryl methyl sites for hydroxylation is 1. The van der Waals surface area contributed by atoms with Crippen LogP contribution in [-0.2, 0) is 30.7 Å². The van der Waals surface area contributed by atoms with E-state index in [2.05, 4.69) is 146 Å². The van der Waals surface area contributed by atoms with Crippen molar-refractivity contribution in [1.29, 1.82) is 0 Å². The van der Waals surface area contributed by atoms with Crippen LogP contribution in [0.2, 0.25) is 0 Å². The molecular weight excluding hydrogens is 512 g/mol. The van der Waals surface area contributed by atoms with Crippen molar-refractivity contribution in [1.82, 2.24) is 0 Å². The predicted molar refractivity (Wildman–Crippen MR) is 154 cm³/mol. The molecule has 0 radical (unpaired) electrons. The van der Waals surface area contributed by atoms with Crippen LogP contribution in [-0.4, -0.2) is 3.21 Å². The van der Waals surface area contributed by atoms with Crippen LogP contribution >= 0.6 is 0 Å². The van der Waals surface area contributed by atoms with Crippen molar-refractivity contribution in [3.8, 4) is 0 Å². The fraction of sp³-hybridized carbons (Fsp3) is 0.114. The topological polar surface area (TPSA) is 0 Å². The first-order chi connectivity index (χ1) is 17.8. The molecule has 0 saturated heterocycles. The number of fused-ring (bicyclic) bond motifs is 3. The maximum absolute atomic E-state index is 2.24. The SMILES string of the molecule is CCCCc1cc[cH-]c1.[Zr+2]=[C](c1ccccc1)c1ccccc1.c1ccc2c(c1)[cH-]c1ccccc12. The Morgan fingerprint density at radius 3 is 1.61 bits per heavy atom. The Morgan fingerprint density at radius 2 is 1.14 bits per heavy atom. The number of hydrogen-bond acceptors (Lipinski definition) is 0. The summed E-state index contributed by atoms with van der Waals surface area (Å²) in [7, 11) is 0. The molecule has 0 N–H and O–H groups in total. The monoisotopic (exact) mass is 542 g/mol. The van der Waals surface area contributed by atoms with Crippen molar-refractivity contribution >= 4 is 24.8 Å². The van der Waals surface area contributed by atoms with E-state index in [1.54, 1.807) is 0 Å². The minimum Gasteiger partial charge on any atom is -0.126 e. The zero-order chi connectivity index (χ0) is 25.0. The molecule has 176 valence electrons. The fourth-order valence-corrected chi connectivity index (χ4v) is 5.06. The van der Waals surface area contributed by atoms with Crippen molar-refractivity contribution in [3.63, 3.8) is 0 Å². The summed E-state index contributed by atoms with van der Waals surface area (Å²) >= 11 is 1.46. The van der Waals surface area contributed by atoms with Gasteiger partial charge in [-0.2, -0.15) is 23.8 Å². The van der Waals surface area contributed by atoms with E-state index >= 15 is 0 Å². The Labute approximate surface area is 230 Å². The van der Waals surface area contributed by atoms with Crippen LogP contribution < -0.4 is 0 Å². The van der Waals surface area contributed by atoms with Gasteiger partial charge in [0.15, 0.2) is 0 Å². The number of rotatable bonds is 5. The minimum absolute atomic E-state index is 1.25. The van der Waals surface area contributed by atoms with E-state index in [4.69, 9.17) is 0 Å². The van der Waals surface area contributed by atoms with Gasteiger partial charge in [-0.1, -0.05) is 62.6 Å². The van der Waals surface area contributed by atoms with Gasteiger partial charge in [0.1, 0.15) is 0 Å². The molecule has 6 rings (SSSR count). The van der Waals surface area contributed by atoms with E-state index in [1.807, 2.05) is 0 Å². The van der Waals surface area contributed by atoms with Crippen LogP contribution in [0.4, 0.5) is 0 Å². The first-order valence-corrected chi connectivity index (χ1v) is 13.9. The maximum atomic E-state index is 2.24. The van der Waals surface area contributed by atoms with E-state index in [0.717, 1.165) is 0 Å². The summed E-state index contributed by atoms with van der Waals surface area (Å²) < 4.78 is 1.42. The Kier molecular flexibility index (Phi) is 9.95. The third kappa shape index (κ3) is 7.19. The largest absolute Gasteiger partial charge is 0.126 e. The van der Waals surface area contributed by atoms with Gasteiger partial charge in [-0.05, 0) is 0 Å². The quantitative estimate of drug-likeness (QED) is 0.190. The second-order valence-corrected chi connectivity index (χ2v) is 10.1. The van der Waals surface area contributed by atoms with Gasteiger partial charge in [-0.3, -0.25) is 0 Å². The first kappa shape index (κ1) is 25.9. The fourth-order valence-electron chi connectivity index (χ4n) is 4.24. The van der Waals surface area contributed by atoms with Gasteiger partial charge in [0.2, 0.25) is 0 Å². The molecule has 6 aromatic rings. The molecule has 0 aromatic heterocycles. The molecule has 1 heteroatoms. The van der Waals surface area contributed by atoms with E-state index in [9.17, 15) is 0 Å². The summed E-state index contributed by atoms with van der Waals surface area (Å²) in [6, 6.07) is 49.0. The molecule has 0 aliphatic carbocycles. The first-order valence-electron chi connectivity index (χ1n) is 12.7. The van der Waals surface area contributed by atoms with E-state index < -0.39 is 0 Å². The Hall–Kier alpha value is -3.15. The van der Waals surface area contributed by atoms with Crippen molar-refractivity contribution in [2.45, 2.75) is 26.2 Å². The summed E-state index contributed by atoms with van der Waals surface area (Å²) in [6.07, 6.45) is 3.87. The van der Waals surface area contributed by atoms with Crippen molar-refractivity contribution in [2.75, 3.05) is 0 Å². The van der Waals surface area contributed by atoms with Crippen LogP contribution in [0.15, 0.2) is 140 Å². The van der Waals surface area contributed by atoms with Gasteiger partial charge >= 0.3 is 99.2 Å². The second-order valence-electron chi connectivity index (χ2n) is 8.82. The van der Waals surface area contributed by atoms with Gasteiger partial charge in [-0.15, -0.1) is 39.7 Å². The van der Waals surface area contributed by atoms with E-state index in [0.29, 0.717) is 0 Å². The molecule has 0 aliphatic heterocycles. The minimum atomic E-state index is 1.25. The van der Waals surface area contributed by atoms with Gasteiger partial charge in [0, 0.05) is 0 Å². The molecular formula is C35H32Zr. The molecule has 0 heterocycles. The number of hydrogen-bond donors (Lipinski definition) is 0. The summed E-state index contributed by atoms with van der Waals surface area (Å²) in [5.41, 5.74) is 4.14. The van der Waals surface area contributed by atoms with Crippen LogP contribution in [0, 0.1) is 0 Å². The molecule has 0 fully saturated rings. The Bertz CT molecular complexity index is 1360. The summed E-state index contributed by atoms with van der Waals surface area (Å²) in [6.45, 7) is 2.23. The number of benzene rings is 4. The van der Waals surface area contributed by atoms with Crippen LogP contribution in [0.5, 0.6) is 0 Å².